The van der Waals surface area contributed by atoms with Crippen LogP contribution in [0.15, 0.2) is 110 Å². The Hall–Kier alpha value is -3.40. The zero-order chi connectivity index (χ0) is 23.0. The van der Waals surface area contributed by atoms with Crippen LogP contribution in [0.25, 0.3) is 0 Å². The van der Waals surface area contributed by atoms with Crippen molar-refractivity contribution in [1.29, 1.82) is 0 Å². The van der Waals surface area contributed by atoms with E-state index in [0.717, 1.165) is 40.6 Å². The van der Waals surface area contributed by atoms with E-state index >= 15 is 0 Å². The van der Waals surface area contributed by atoms with Crippen LogP contribution >= 0.6 is 0 Å². The van der Waals surface area contributed by atoms with Crippen molar-refractivity contribution in [3.05, 3.63) is 110 Å². The van der Waals surface area contributed by atoms with Crippen molar-refractivity contribution in [2.45, 2.75) is 40.2 Å². The molecule has 2 rings (SSSR count). The number of nitrogens with one attached hydrogen (secondary N) is 1. The molecule has 164 valence electrons. The average Bonchev–Trinajstić information content (AvgIpc) is 2.76. The maximum absolute atomic E-state index is 6.32. The SMILES string of the molecule is C=C/C=C\C1=C(C)N(C(=C)C(CC)Oc2ccc(N(C=C)C=C(C)C)cc2)CC(=C)N1. The molecule has 0 spiro atoms. The lowest BCUT2D eigenvalue weighted by molar-refractivity contribution is 0.195. The Balaban J connectivity index is 2.20. The second-order valence-electron chi connectivity index (χ2n) is 7.70. The maximum Gasteiger partial charge on any atom is 0.138 e. The van der Waals surface area contributed by atoms with E-state index in [0.29, 0.717) is 6.54 Å². The summed E-state index contributed by atoms with van der Waals surface area (Å²) in [6, 6.07) is 8.03. The van der Waals surface area contributed by atoms with E-state index in [4.69, 9.17) is 4.74 Å². The molecule has 1 aromatic rings. The summed E-state index contributed by atoms with van der Waals surface area (Å²) in [7, 11) is 0. The molecule has 0 aliphatic carbocycles. The van der Waals surface area contributed by atoms with Gasteiger partial charge in [0.25, 0.3) is 0 Å². The number of nitrogens with zero attached hydrogens (tertiary/aromatic N) is 2. The monoisotopic (exact) mass is 417 g/mol. The fraction of sp³-hybridized carbons (Fsp3) is 0.259. The molecule has 1 heterocycles. The fourth-order valence-electron chi connectivity index (χ4n) is 3.35. The topological polar surface area (TPSA) is 27.7 Å². The van der Waals surface area contributed by atoms with E-state index in [1.807, 2.05) is 47.5 Å². The minimum absolute atomic E-state index is 0.148. The van der Waals surface area contributed by atoms with Gasteiger partial charge < -0.3 is 19.9 Å². The first-order chi connectivity index (χ1) is 14.8. The highest BCUT2D eigenvalue weighted by Gasteiger charge is 2.25. The molecule has 1 aromatic carbocycles. The number of hydrogen-bond donors (Lipinski definition) is 1. The number of hydrogen-bond acceptors (Lipinski definition) is 4. The second-order valence-corrected chi connectivity index (χ2v) is 7.70. The number of allylic oxidation sites excluding steroid dienone is 5. The molecule has 0 bridgehead atoms. The summed E-state index contributed by atoms with van der Waals surface area (Å²) in [6.45, 7) is 25.1. The normalized spacial score (nSPS) is 14.7. The average molecular weight is 418 g/mol. The Morgan fingerprint density at radius 2 is 1.94 bits per heavy atom. The maximum atomic E-state index is 6.32. The van der Waals surface area contributed by atoms with Crippen molar-refractivity contribution < 1.29 is 4.74 Å². The first-order valence-electron chi connectivity index (χ1n) is 10.5. The molecule has 1 aliphatic rings. The van der Waals surface area contributed by atoms with Gasteiger partial charge in [-0.1, -0.05) is 51.0 Å². The summed E-state index contributed by atoms with van der Waals surface area (Å²) in [6.07, 6.45) is 10.1. The third-order valence-electron chi connectivity index (χ3n) is 4.95. The number of rotatable bonds is 10. The van der Waals surface area contributed by atoms with Crippen LogP contribution in [0.4, 0.5) is 5.69 Å². The summed E-state index contributed by atoms with van der Waals surface area (Å²) in [4.78, 5) is 4.16. The standard InChI is InChI=1S/C27H35N3O/c1-9-12-13-26-22(7)30(19-21(6)28-26)23(8)27(10-2)31-25-16-14-24(15-17-25)29(11-3)18-20(4)5/h9,11-18,27-28H,1,3,6,8,10,19H2,2,4-5,7H3/b13-12-. The molecule has 1 unspecified atom stereocenters. The lowest BCUT2D eigenvalue weighted by Gasteiger charge is -2.37. The highest BCUT2D eigenvalue weighted by atomic mass is 16.5. The van der Waals surface area contributed by atoms with E-state index in [1.165, 1.54) is 5.57 Å². The Morgan fingerprint density at radius 1 is 1.26 bits per heavy atom. The van der Waals surface area contributed by atoms with Crippen molar-refractivity contribution in [1.82, 2.24) is 10.2 Å². The van der Waals surface area contributed by atoms with E-state index in [-0.39, 0.29) is 6.10 Å². The van der Waals surface area contributed by atoms with Crippen LogP contribution < -0.4 is 15.0 Å². The predicted molar refractivity (Wildman–Crippen MR) is 133 cm³/mol. The molecule has 1 atom stereocenters. The van der Waals surface area contributed by atoms with Gasteiger partial charge in [0.2, 0.25) is 0 Å². The molecule has 0 saturated carbocycles. The van der Waals surface area contributed by atoms with Crippen molar-refractivity contribution in [3.8, 4) is 5.75 Å². The lowest BCUT2D eigenvalue weighted by Crippen LogP contribution is -2.39. The molecule has 0 fully saturated rings. The van der Waals surface area contributed by atoms with Crippen LogP contribution in [-0.4, -0.2) is 17.5 Å². The van der Waals surface area contributed by atoms with Gasteiger partial charge >= 0.3 is 0 Å². The summed E-state index contributed by atoms with van der Waals surface area (Å²) < 4.78 is 6.32. The number of anilines is 1. The van der Waals surface area contributed by atoms with Crippen LogP contribution in [0, 0.1) is 0 Å². The van der Waals surface area contributed by atoms with Gasteiger partial charge in [-0.15, -0.1) is 0 Å². The van der Waals surface area contributed by atoms with E-state index < -0.39 is 0 Å². The zero-order valence-corrected chi connectivity index (χ0v) is 19.3. The molecular formula is C27H35N3O. The minimum atomic E-state index is -0.148. The Labute approximate surface area is 187 Å². The molecule has 4 nitrogen and oxygen atoms in total. The molecule has 1 aliphatic heterocycles. The van der Waals surface area contributed by atoms with Gasteiger partial charge in [-0.3, -0.25) is 0 Å². The molecule has 0 amide bonds. The third kappa shape index (κ3) is 6.29. The van der Waals surface area contributed by atoms with Gasteiger partial charge in [-0.05, 0) is 57.5 Å². The highest BCUT2D eigenvalue weighted by molar-refractivity contribution is 5.54. The molecule has 0 aromatic heterocycles. The molecule has 0 saturated heterocycles. The van der Waals surface area contributed by atoms with Crippen molar-refractivity contribution in [3.63, 3.8) is 0 Å². The minimum Gasteiger partial charge on any atom is -0.484 e. The summed E-state index contributed by atoms with van der Waals surface area (Å²) in [5, 5.41) is 3.34. The number of ether oxygens (including phenoxy) is 1. The van der Waals surface area contributed by atoms with Gasteiger partial charge in [0, 0.05) is 29.5 Å². The lowest BCUT2D eigenvalue weighted by atomic mass is 10.1. The quantitative estimate of drug-likeness (QED) is 0.433. The first-order valence-corrected chi connectivity index (χ1v) is 10.5. The summed E-state index contributed by atoms with van der Waals surface area (Å²) in [5.74, 6) is 0.806. The summed E-state index contributed by atoms with van der Waals surface area (Å²) in [5.41, 5.74) is 6.13. The smallest absolute Gasteiger partial charge is 0.138 e. The highest BCUT2D eigenvalue weighted by Crippen LogP contribution is 2.28. The van der Waals surface area contributed by atoms with Gasteiger partial charge in [0.15, 0.2) is 0 Å². The molecule has 31 heavy (non-hydrogen) atoms. The molecule has 4 heteroatoms. The van der Waals surface area contributed by atoms with Crippen LogP contribution in [0.3, 0.4) is 0 Å². The molecule has 0 radical (unpaired) electrons. The van der Waals surface area contributed by atoms with E-state index in [9.17, 15) is 0 Å². The van der Waals surface area contributed by atoms with Crippen LogP contribution in [0.5, 0.6) is 5.75 Å². The molecular weight excluding hydrogens is 382 g/mol. The van der Waals surface area contributed by atoms with E-state index in [2.05, 4.69) is 64.2 Å². The van der Waals surface area contributed by atoms with Gasteiger partial charge in [0.1, 0.15) is 11.9 Å². The van der Waals surface area contributed by atoms with Gasteiger partial charge in [-0.2, -0.15) is 0 Å². The Morgan fingerprint density at radius 3 is 2.48 bits per heavy atom. The second kappa shape index (κ2) is 11.1. The van der Waals surface area contributed by atoms with E-state index in [1.54, 1.807) is 12.3 Å². The van der Waals surface area contributed by atoms with Crippen molar-refractivity contribution >= 4 is 5.69 Å². The first kappa shape index (κ1) is 23.9. The van der Waals surface area contributed by atoms with Crippen LogP contribution in [0.1, 0.15) is 34.1 Å². The fourth-order valence-corrected chi connectivity index (χ4v) is 3.35. The predicted octanol–water partition coefficient (Wildman–Crippen LogP) is 6.62. The largest absolute Gasteiger partial charge is 0.484 e. The van der Waals surface area contributed by atoms with Crippen molar-refractivity contribution in [2.75, 3.05) is 11.4 Å². The zero-order valence-electron chi connectivity index (χ0n) is 19.3. The number of benzene rings is 1. The van der Waals surface area contributed by atoms with Crippen LogP contribution in [0.2, 0.25) is 0 Å². The summed E-state index contributed by atoms with van der Waals surface area (Å²) >= 11 is 0. The Kier molecular flexibility index (Phi) is 8.56. The van der Waals surface area contributed by atoms with Gasteiger partial charge in [0.05, 0.1) is 17.9 Å². The Bertz CT molecular complexity index is 914. The van der Waals surface area contributed by atoms with Crippen molar-refractivity contribution in [2.24, 2.45) is 0 Å². The van der Waals surface area contributed by atoms with Gasteiger partial charge in [-0.25, -0.2) is 0 Å². The van der Waals surface area contributed by atoms with Crippen LogP contribution in [-0.2, 0) is 0 Å². The third-order valence-corrected chi connectivity index (χ3v) is 4.95. The molecule has 1 N–H and O–H groups in total.